The first-order chi connectivity index (χ1) is 11.8. The largest absolute Gasteiger partial charge is 0.467 e. The molecule has 0 saturated carbocycles. The summed E-state index contributed by atoms with van der Waals surface area (Å²) in [6.45, 7) is 0. The summed E-state index contributed by atoms with van der Waals surface area (Å²) in [5.74, 6) is -0.212. The van der Waals surface area contributed by atoms with E-state index in [0.717, 1.165) is 0 Å². The van der Waals surface area contributed by atoms with Gasteiger partial charge in [0.25, 0.3) is 11.2 Å². The van der Waals surface area contributed by atoms with Crippen molar-refractivity contribution >= 4 is 28.1 Å². The van der Waals surface area contributed by atoms with Crippen LogP contribution in [0.25, 0.3) is 16.5 Å². The van der Waals surface area contributed by atoms with E-state index < -0.39 is 22.5 Å². The Morgan fingerprint density at radius 1 is 1.48 bits per heavy atom. The third-order valence-electron chi connectivity index (χ3n) is 4.00. The minimum atomic E-state index is -0.800. The molecule has 1 aromatic carbocycles. The van der Waals surface area contributed by atoms with E-state index in [1.807, 2.05) is 14.1 Å². The Balaban J connectivity index is 2.32. The van der Waals surface area contributed by atoms with Crippen molar-refractivity contribution in [1.29, 1.82) is 0 Å². The van der Waals surface area contributed by atoms with Gasteiger partial charge in [0.1, 0.15) is 11.9 Å². The van der Waals surface area contributed by atoms with Gasteiger partial charge in [0, 0.05) is 44.4 Å². The van der Waals surface area contributed by atoms with E-state index in [0.29, 0.717) is 11.4 Å². The van der Waals surface area contributed by atoms with Crippen molar-refractivity contribution in [3.63, 3.8) is 0 Å². The Kier molecular flexibility index (Phi) is 3.99. The van der Waals surface area contributed by atoms with E-state index in [4.69, 9.17) is 4.74 Å². The standard InChI is InChI=1S/C16H16N4O5/c1-18(2)8-9-6-13(16(22)25-3)19-14(9)17-12-7-10(20(23)24)4-5-11(12)15(19)21/h4-5,7-8,13H,6H2,1-3H3/b9-8-. The van der Waals surface area contributed by atoms with E-state index in [9.17, 15) is 19.7 Å². The van der Waals surface area contributed by atoms with Crippen molar-refractivity contribution in [2.75, 3.05) is 21.2 Å². The molecule has 0 N–H and O–H groups in total. The lowest BCUT2D eigenvalue weighted by Gasteiger charge is -2.11. The number of ether oxygens (including phenoxy) is 1. The molecule has 0 aliphatic carbocycles. The summed E-state index contributed by atoms with van der Waals surface area (Å²) in [6.07, 6.45) is 2.04. The number of methoxy groups -OCH3 is 1. The summed E-state index contributed by atoms with van der Waals surface area (Å²) in [5.41, 5.74) is 0.337. The van der Waals surface area contributed by atoms with Gasteiger partial charge in [-0.2, -0.15) is 0 Å². The maximum Gasteiger partial charge on any atom is 0.329 e. The van der Waals surface area contributed by atoms with Crippen LogP contribution in [-0.2, 0) is 9.53 Å². The van der Waals surface area contributed by atoms with Gasteiger partial charge in [0.2, 0.25) is 0 Å². The van der Waals surface area contributed by atoms with Gasteiger partial charge in [-0.15, -0.1) is 0 Å². The number of hydrogen-bond acceptors (Lipinski definition) is 7. The van der Waals surface area contributed by atoms with Crippen LogP contribution >= 0.6 is 0 Å². The lowest BCUT2D eigenvalue weighted by atomic mass is 10.1. The predicted octanol–water partition coefficient (Wildman–Crippen LogP) is 1.32. The lowest BCUT2D eigenvalue weighted by molar-refractivity contribution is -0.384. The van der Waals surface area contributed by atoms with Gasteiger partial charge >= 0.3 is 5.97 Å². The molecule has 1 aliphatic heterocycles. The Labute approximate surface area is 142 Å². The Bertz CT molecular complexity index is 976. The van der Waals surface area contributed by atoms with Crippen LogP contribution in [0.5, 0.6) is 0 Å². The number of rotatable bonds is 3. The fourth-order valence-corrected chi connectivity index (χ4v) is 2.95. The molecule has 3 rings (SSSR count). The second kappa shape index (κ2) is 6.00. The van der Waals surface area contributed by atoms with Gasteiger partial charge in [-0.1, -0.05) is 0 Å². The third-order valence-corrected chi connectivity index (χ3v) is 4.00. The van der Waals surface area contributed by atoms with E-state index in [1.165, 1.54) is 29.9 Å². The number of esters is 1. The second-order valence-corrected chi connectivity index (χ2v) is 5.93. The van der Waals surface area contributed by atoms with E-state index in [1.54, 1.807) is 11.1 Å². The molecule has 0 amide bonds. The molecule has 0 radical (unpaired) electrons. The number of aromatic nitrogens is 2. The maximum absolute atomic E-state index is 12.9. The van der Waals surface area contributed by atoms with Gasteiger partial charge in [0.05, 0.1) is 22.9 Å². The van der Waals surface area contributed by atoms with Crippen molar-refractivity contribution in [3.05, 3.63) is 50.7 Å². The molecule has 130 valence electrons. The summed E-state index contributed by atoms with van der Waals surface area (Å²) in [4.78, 5) is 41.6. The fraction of sp³-hybridized carbons (Fsp3) is 0.312. The molecule has 1 unspecified atom stereocenters. The van der Waals surface area contributed by atoms with Crippen molar-refractivity contribution in [3.8, 4) is 0 Å². The van der Waals surface area contributed by atoms with E-state index in [2.05, 4.69) is 4.98 Å². The van der Waals surface area contributed by atoms with Crippen molar-refractivity contribution < 1.29 is 14.5 Å². The molecule has 0 fully saturated rings. The number of non-ortho nitro benzene ring substituents is 1. The average Bonchev–Trinajstić information content (AvgIpc) is 2.91. The number of allylic oxidation sites excluding steroid dienone is 1. The van der Waals surface area contributed by atoms with Crippen molar-refractivity contribution in [1.82, 2.24) is 14.5 Å². The summed E-state index contributed by atoms with van der Waals surface area (Å²) in [5, 5.41) is 11.2. The van der Waals surface area contributed by atoms with Crippen LogP contribution in [0.2, 0.25) is 0 Å². The van der Waals surface area contributed by atoms with Gasteiger partial charge in [-0.3, -0.25) is 19.5 Å². The molecule has 2 aromatic rings. The molecular weight excluding hydrogens is 328 g/mol. The molecule has 0 spiro atoms. The Morgan fingerprint density at radius 3 is 2.80 bits per heavy atom. The summed E-state index contributed by atoms with van der Waals surface area (Å²) in [6, 6.07) is 3.07. The number of nitro groups is 1. The van der Waals surface area contributed by atoms with Crippen LogP contribution in [0.15, 0.2) is 29.2 Å². The first kappa shape index (κ1) is 16.6. The predicted molar refractivity (Wildman–Crippen MR) is 90.0 cm³/mol. The molecule has 2 heterocycles. The normalized spacial score (nSPS) is 17.6. The Morgan fingerprint density at radius 2 is 2.20 bits per heavy atom. The molecular formula is C16H16N4O5. The molecule has 9 nitrogen and oxygen atoms in total. The van der Waals surface area contributed by atoms with Gasteiger partial charge in [-0.05, 0) is 6.07 Å². The number of nitrogens with zero attached hydrogens (tertiary/aromatic N) is 4. The van der Waals surface area contributed by atoms with Gasteiger partial charge < -0.3 is 9.64 Å². The zero-order chi connectivity index (χ0) is 18.3. The first-order valence-electron chi connectivity index (χ1n) is 7.49. The van der Waals surface area contributed by atoms with Crippen molar-refractivity contribution in [2.45, 2.75) is 12.5 Å². The fourth-order valence-electron chi connectivity index (χ4n) is 2.95. The number of nitro benzene ring substituents is 1. The number of benzene rings is 1. The molecule has 1 aromatic heterocycles. The summed E-state index contributed by atoms with van der Waals surface area (Å²) >= 11 is 0. The second-order valence-electron chi connectivity index (χ2n) is 5.93. The quantitative estimate of drug-likeness (QED) is 0.469. The molecule has 1 aliphatic rings. The van der Waals surface area contributed by atoms with Crippen LogP contribution in [0, 0.1) is 10.1 Å². The molecule has 25 heavy (non-hydrogen) atoms. The van der Waals surface area contributed by atoms with Crippen LogP contribution in [0.4, 0.5) is 5.69 Å². The number of carbonyl (C=O) groups is 1. The van der Waals surface area contributed by atoms with E-state index >= 15 is 0 Å². The zero-order valence-corrected chi connectivity index (χ0v) is 13.9. The van der Waals surface area contributed by atoms with Crippen molar-refractivity contribution in [2.24, 2.45) is 0 Å². The van der Waals surface area contributed by atoms with Gasteiger partial charge in [-0.25, -0.2) is 9.78 Å². The number of hydrogen-bond donors (Lipinski definition) is 0. The SMILES string of the molecule is COC(=O)C1C/C(=C/N(C)C)c2nc3cc([N+](=O)[O-])ccc3c(=O)n21. The summed E-state index contributed by atoms with van der Waals surface area (Å²) < 4.78 is 6.11. The number of fused-ring (bicyclic) bond motifs is 2. The number of carbonyl (C=O) groups excluding carboxylic acids is 1. The third kappa shape index (κ3) is 2.73. The minimum Gasteiger partial charge on any atom is -0.467 e. The highest BCUT2D eigenvalue weighted by molar-refractivity contribution is 5.86. The highest BCUT2D eigenvalue weighted by atomic mass is 16.6. The molecule has 9 heteroatoms. The van der Waals surface area contributed by atoms with Crippen LogP contribution in [-0.4, -0.2) is 46.5 Å². The first-order valence-corrected chi connectivity index (χ1v) is 7.49. The highest BCUT2D eigenvalue weighted by Crippen LogP contribution is 2.34. The van der Waals surface area contributed by atoms with Crippen LogP contribution in [0.1, 0.15) is 18.3 Å². The van der Waals surface area contributed by atoms with Crippen LogP contribution in [0.3, 0.4) is 0 Å². The molecule has 1 atom stereocenters. The highest BCUT2D eigenvalue weighted by Gasteiger charge is 2.35. The average molecular weight is 344 g/mol. The topological polar surface area (TPSA) is 108 Å². The smallest absolute Gasteiger partial charge is 0.329 e. The monoisotopic (exact) mass is 344 g/mol. The molecule has 0 bridgehead atoms. The maximum atomic E-state index is 12.9. The lowest BCUT2D eigenvalue weighted by Crippen LogP contribution is -2.29. The summed E-state index contributed by atoms with van der Waals surface area (Å²) in [7, 11) is 4.89. The van der Waals surface area contributed by atoms with Gasteiger partial charge in [0.15, 0.2) is 0 Å². The van der Waals surface area contributed by atoms with Crippen LogP contribution < -0.4 is 5.56 Å². The minimum absolute atomic E-state index is 0.148. The Hall–Kier alpha value is -3.23. The zero-order valence-electron chi connectivity index (χ0n) is 13.9. The molecule has 0 saturated heterocycles. The van der Waals surface area contributed by atoms with E-state index in [-0.39, 0.29) is 23.0 Å².